The fourth-order valence-electron chi connectivity index (χ4n) is 1.89. The molecule has 1 atom stereocenters. The van der Waals surface area contributed by atoms with E-state index in [0.717, 1.165) is 30.8 Å². The normalized spacial score (nSPS) is 12.8. The summed E-state index contributed by atoms with van der Waals surface area (Å²) < 4.78 is 7.30. The van der Waals surface area contributed by atoms with E-state index in [9.17, 15) is 0 Å². The molecule has 2 aromatic heterocycles. The van der Waals surface area contributed by atoms with Crippen LogP contribution in [0.3, 0.4) is 0 Å². The summed E-state index contributed by atoms with van der Waals surface area (Å²) in [6.45, 7) is 3.08. The van der Waals surface area contributed by atoms with Crippen LogP contribution in [0.5, 0.6) is 0 Å². The summed E-state index contributed by atoms with van der Waals surface area (Å²) in [5.74, 6) is 0.860. The molecule has 1 unspecified atom stereocenters. The number of halogens is 1. The minimum atomic E-state index is 0.118. The van der Waals surface area contributed by atoms with E-state index < -0.39 is 0 Å². The Morgan fingerprint density at radius 2 is 2.28 bits per heavy atom. The van der Waals surface area contributed by atoms with Gasteiger partial charge >= 0.3 is 0 Å². The first-order valence-corrected chi connectivity index (χ1v) is 6.54. The first-order valence-electron chi connectivity index (χ1n) is 6.16. The second-order valence-corrected chi connectivity index (χ2v) is 4.71. The molecule has 2 rings (SSSR count). The van der Waals surface area contributed by atoms with E-state index in [1.165, 1.54) is 0 Å². The van der Waals surface area contributed by atoms with E-state index in [-0.39, 0.29) is 6.04 Å². The highest BCUT2D eigenvalue weighted by molar-refractivity contribution is 6.28. The van der Waals surface area contributed by atoms with Crippen LogP contribution in [0.15, 0.2) is 28.8 Å². The highest BCUT2D eigenvalue weighted by atomic mass is 35.5. The molecule has 2 aromatic rings. The van der Waals surface area contributed by atoms with E-state index in [2.05, 4.69) is 17.3 Å². The second kappa shape index (κ2) is 6.07. The summed E-state index contributed by atoms with van der Waals surface area (Å²) in [5, 5.41) is 8.27. The Morgan fingerprint density at radius 1 is 1.44 bits per heavy atom. The molecule has 0 saturated carbocycles. The van der Waals surface area contributed by atoms with Gasteiger partial charge in [-0.25, -0.2) is 0 Å². The monoisotopic (exact) mass is 267 g/mol. The van der Waals surface area contributed by atoms with Crippen molar-refractivity contribution < 1.29 is 4.42 Å². The van der Waals surface area contributed by atoms with Crippen LogP contribution in [-0.2, 0) is 13.5 Å². The minimum absolute atomic E-state index is 0.118. The number of rotatable bonds is 6. The van der Waals surface area contributed by atoms with Gasteiger partial charge < -0.3 is 9.73 Å². The van der Waals surface area contributed by atoms with Gasteiger partial charge in [-0.1, -0.05) is 6.92 Å². The highest BCUT2D eigenvalue weighted by Crippen LogP contribution is 2.22. The molecule has 0 bridgehead atoms. The molecule has 0 radical (unpaired) electrons. The fourth-order valence-corrected chi connectivity index (χ4v) is 2.04. The van der Waals surface area contributed by atoms with Crippen LogP contribution in [0, 0.1) is 0 Å². The first-order chi connectivity index (χ1) is 8.69. The van der Waals surface area contributed by atoms with Gasteiger partial charge in [-0.3, -0.25) is 4.68 Å². The summed E-state index contributed by atoms with van der Waals surface area (Å²) in [6.07, 6.45) is 3.82. The van der Waals surface area contributed by atoms with Gasteiger partial charge in [0.15, 0.2) is 5.22 Å². The summed E-state index contributed by atoms with van der Waals surface area (Å²) in [6, 6.07) is 5.83. The smallest absolute Gasteiger partial charge is 0.193 e. The van der Waals surface area contributed by atoms with E-state index in [4.69, 9.17) is 16.0 Å². The number of hydrogen-bond acceptors (Lipinski definition) is 3. The SMILES string of the molecule is CCCNC(Cc1ccn(C)n1)c1ccc(Cl)o1. The van der Waals surface area contributed by atoms with E-state index in [0.29, 0.717) is 5.22 Å². The Labute approximate surface area is 112 Å². The molecule has 5 heteroatoms. The molecule has 0 aromatic carbocycles. The van der Waals surface area contributed by atoms with Gasteiger partial charge in [0.25, 0.3) is 0 Å². The molecule has 18 heavy (non-hydrogen) atoms. The fraction of sp³-hybridized carbons (Fsp3) is 0.462. The second-order valence-electron chi connectivity index (χ2n) is 4.33. The highest BCUT2D eigenvalue weighted by Gasteiger charge is 2.16. The quantitative estimate of drug-likeness (QED) is 0.875. The zero-order valence-electron chi connectivity index (χ0n) is 10.7. The molecule has 0 spiro atoms. The molecule has 0 amide bonds. The Balaban J connectivity index is 2.09. The summed E-state index contributed by atoms with van der Waals surface area (Å²) >= 11 is 5.83. The Hall–Kier alpha value is -1.26. The van der Waals surface area contributed by atoms with Crippen LogP contribution < -0.4 is 5.32 Å². The molecule has 0 aliphatic carbocycles. The Morgan fingerprint density at radius 3 is 2.83 bits per heavy atom. The van der Waals surface area contributed by atoms with Gasteiger partial charge in [-0.15, -0.1) is 0 Å². The average molecular weight is 268 g/mol. The topological polar surface area (TPSA) is 43.0 Å². The Bertz CT molecular complexity index is 492. The lowest BCUT2D eigenvalue weighted by molar-refractivity contribution is 0.408. The zero-order valence-corrected chi connectivity index (χ0v) is 11.4. The van der Waals surface area contributed by atoms with Crippen molar-refractivity contribution in [3.05, 3.63) is 41.1 Å². The molecule has 4 nitrogen and oxygen atoms in total. The van der Waals surface area contributed by atoms with Crippen molar-refractivity contribution in [2.45, 2.75) is 25.8 Å². The number of furan rings is 1. The molecule has 0 saturated heterocycles. The number of aromatic nitrogens is 2. The van der Waals surface area contributed by atoms with Crippen LogP contribution in [-0.4, -0.2) is 16.3 Å². The maximum Gasteiger partial charge on any atom is 0.193 e. The summed E-state index contributed by atoms with van der Waals surface area (Å²) in [5.41, 5.74) is 1.04. The van der Waals surface area contributed by atoms with E-state index in [1.54, 1.807) is 10.7 Å². The van der Waals surface area contributed by atoms with Crippen molar-refractivity contribution >= 4 is 11.6 Å². The summed E-state index contributed by atoms with van der Waals surface area (Å²) in [4.78, 5) is 0. The maximum absolute atomic E-state index is 5.83. The maximum atomic E-state index is 5.83. The number of nitrogens with zero attached hydrogens (tertiary/aromatic N) is 2. The molecule has 0 fully saturated rings. The Kier molecular flexibility index (Phi) is 4.44. The van der Waals surface area contributed by atoms with Crippen LogP contribution >= 0.6 is 11.6 Å². The lowest BCUT2D eigenvalue weighted by Gasteiger charge is -2.14. The molecular weight excluding hydrogens is 250 g/mol. The van der Waals surface area contributed by atoms with Crippen molar-refractivity contribution in [3.63, 3.8) is 0 Å². The van der Waals surface area contributed by atoms with Crippen molar-refractivity contribution in [3.8, 4) is 0 Å². The molecule has 0 aliphatic rings. The van der Waals surface area contributed by atoms with Gasteiger partial charge in [-0.05, 0) is 42.8 Å². The lowest BCUT2D eigenvalue weighted by Crippen LogP contribution is -2.23. The largest absolute Gasteiger partial charge is 0.448 e. The molecule has 1 N–H and O–H groups in total. The van der Waals surface area contributed by atoms with Crippen LogP contribution in [0.1, 0.15) is 30.8 Å². The third-order valence-electron chi connectivity index (χ3n) is 2.76. The van der Waals surface area contributed by atoms with Gasteiger partial charge in [0, 0.05) is 19.7 Å². The first kappa shape index (κ1) is 13.2. The standard InChI is InChI=1S/C13H18ClN3O/c1-3-7-15-11(12-4-5-13(14)18-12)9-10-6-8-17(2)16-10/h4-6,8,11,15H,3,7,9H2,1-2H3. The summed E-state index contributed by atoms with van der Waals surface area (Å²) in [7, 11) is 1.92. The molecule has 2 heterocycles. The van der Waals surface area contributed by atoms with Crippen molar-refractivity contribution in [1.29, 1.82) is 0 Å². The number of aryl methyl sites for hydroxylation is 1. The zero-order chi connectivity index (χ0) is 13.0. The van der Waals surface area contributed by atoms with Gasteiger partial charge in [0.1, 0.15) is 5.76 Å². The third kappa shape index (κ3) is 3.37. The van der Waals surface area contributed by atoms with Gasteiger partial charge in [0.2, 0.25) is 0 Å². The van der Waals surface area contributed by atoms with Crippen LogP contribution in [0.2, 0.25) is 5.22 Å². The van der Waals surface area contributed by atoms with Crippen LogP contribution in [0.25, 0.3) is 0 Å². The van der Waals surface area contributed by atoms with Crippen LogP contribution in [0.4, 0.5) is 0 Å². The van der Waals surface area contributed by atoms with E-state index in [1.807, 2.05) is 25.4 Å². The molecule has 0 aliphatic heterocycles. The average Bonchev–Trinajstić information content (AvgIpc) is 2.93. The van der Waals surface area contributed by atoms with Gasteiger partial charge in [-0.2, -0.15) is 5.10 Å². The van der Waals surface area contributed by atoms with E-state index >= 15 is 0 Å². The molecule has 98 valence electrons. The predicted octanol–water partition coefficient (Wildman–Crippen LogP) is 2.95. The van der Waals surface area contributed by atoms with Crippen molar-refractivity contribution in [2.24, 2.45) is 7.05 Å². The van der Waals surface area contributed by atoms with Gasteiger partial charge in [0.05, 0.1) is 11.7 Å². The predicted molar refractivity (Wildman–Crippen MR) is 71.7 cm³/mol. The third-order valence-corrected chi connectivity index (χ3v) is 2.96. The number of nitrogens with one attached hydrogen (secondary N) is 1. The number of hydrogen-bond donors (Lipinski definition) is 1. The minimum Gasteiger partial charge on any atom is -0.448 e. The lowest BCUT2D eigenvalue weighted by atomic mass is 10.1. The van der Waals surface area contributed by atoms with Crippen molar-refractivity contribution in [2.75, 3.05) is 6.54 Å². The molecular formula is C13H18ClN3O. The van der Waals surface area contributed by atoms with Crippen molar-refractivity contribution in [1.82, 2.24) is 15.1 Å².